The number of fused-ring (bicyclic) bond motifs is 5. The molecule has 0 N–H and O–H groups in total. The fraction of sp³-hybridized carbons (Fsp3) is 0.0909. The first kappa shape index (κ1) is 18.0. The van der Waals surface area contributed by atoms with Crippen molar-refractivity contribution in [1.82, 2.24) is 14.4 Å². The van der Waals surface area contributed by atoms with Gasteiger partial charge < -0.3 is 0 Å². The van der Waals surface area contributed by atoms with Crippen LogP contribution in [0.1, 0.15) is 11.1 Å². The maximum Gasteiger partial charge on any atom is 0.416 e. The minimum atomic E-state index is -4.38. The van der Waals surface area contributed by atoms with Crippen molar-refractivity contribution in [1.29, 1.82) is 0 Å². The van der Waals surface area contributed by atoms with Crippen molar-refractivity contribution in [2.45, 2.75) is 17.1 Å². The third-order valence-electron chi connectivity index (χ3n) is 4.79. The zero-order chi connectivity index (χ0) is 20.0. The molecule has 5 aromatic rings. The summed E-state index contributed by atoms with van der Waals surface area (Å²) in [7, 11) is 0. The van der Waals surface area contributed by atoms with Gasteiger partial charge in [-0.05, 0) is 35.9 Å². The molecule has 0 amide bonds. The molecule has 2 aromatic heterocycles. The third kappa shape index (κ3) is 3.11. The molecule has 0 spiro atoms. The van der Waals surface area contributed by atoms with Crippen LogP contribution < -0.4 is 0 Å². The van der Waals surface area contributed by atoms with E-state index in [9.17, 15) is 13.2 Å². The molecule has 7 heteroatoms. The average Bonchev–Trinajstić information content (AvgIpc) is 3.12. The largest absolute Gasteiger partial charge is 0.416 e. The first-order chi connectivity index (χ1) is 14.0. The van der Waals surface area contributed by atoms with Crippen LogP contribution in [-0.4, -0.2) is 14.4 Å². The Morgan fingerprint density at radius 3 is 2.31 bits per heavy atom. The normalized spacial score (nSPS) is 12.2. The lowest BCUT2D eigenvalue weighted by Gasteiger charge is -2.13. The first-order valence-corrected chi connectivity index (χ1v) is 9.95. The van der Waals surface area contributed by atoms with Gasteiger partial charge in [0, 0.05) is 11.1 Å². The van der Waals surface area contributed by atoms with Gasteiger partial charge in [0.1, 0.15) is 5.65 Å². The van der Waals surface area contributed by atoms with Crippen molar-refractivity contribution < 1.29 is 13.2 Å². The summed E-state index contributed by atoms with van der Waals surface area (Å²) in [5.41, 5.74) is 2.85. The van der Waals surface area contributed by atoms with Crippen LogP contribution in [0.4, 0.5) is 13.2 Å². The molecule has 0 aliphatic heterocycles. The lowest BCUT2D eigenvalue weighted by molar-refractivity contribution is -0.138. The van der Waals surface area contributed by atoms with Gasteiger partial charge in [0.25, 0.3) is 0 Å². The van der Waals surface area contributed by atoms with E-state index in [1.165, 1.54) is 23.9 Å². The van der Waals surface area contributed by atoms with Gasteiger partial charge in [-0.1, -0.05) is 54.2 Å². The van der Waals surface area contributed by atoms with E-state index in [0.29, 0.717) is 5.16 Å². The summed E-state index contributed by atoms with van der Waals surface area (Å²) < 4.78 is 42.0. The molecule has 3 nitrogen and oxygen atoms in total. The van der Waals surface area contributed by atoms with Crippen LogP contribution in [-0.2, 0) is 11.9 Å². The van der Waals surface area contributed by atoms with E-state index in [-0.39, 0.29) is 11.3 Å². The number of rotatable bonds is 3. The monoisotopic (exact) mass is 409 g/mol. The van der Waals surface area contributed by atoms with E-state index in [0.717, 1.165) is 33.6 Å². The van der Waals surface area contributed by atoms with Crippen LogP contribution in [0.25, 0.3) is 27.6 Å². The Hall–Kier alpha value is -3.06. The van der Waals surface area contributed by atoms with Crippen molar-refractivity contribution in [3.63, 3.8) is 0 Å². The molecule has 0 radical (unpaired) electrons. The molecule has 0 unspecified atom stereocenters. The topological polar surface area (TPSA) is 30.2 Å². The van der Waals surface area contributed by atoms with E-state index in [1.54, 1.807) is 6.07 Å². The van der Waals surface area contributed by atoms with E-state index in [1.807, 2.05) is 52.9 Å². The summed E-state index contributed by atoms with van der Waals surface area (Å²) in [5, 5.41) is 1.52. The molecule has 0 atom stereocenters. The van der Waals surface area contributed by atoms with E-state index < -0.39 is 11.7 Å². The highest BCUT2D eigenvalue weighted by Crippen LogP contribution is 2.35. The van der Waals surface area contributed by atoms with Gasteiger partial charge in [-0.25, -0.2) is 9.97 Å². The number of aromatic nitrogens is 3. The summed E-state index contributed by atoms with van der Waals surface area (Å²) in [6, 6.07) is 21.0. The number of benzene rings is 3. The second-order valence-electron chi connectivity index (χ2n) is 6.61. The van der Waals surface area contributed by atoms with Crippen molar-refractivity contribution in [3.8, 4) is 0 Å². The highest BCUT2D eigenvalue weighted by molar-refractivity contribution is 7.98. The van der Waals surface area contributed by atoms with E-state index in [4.69, 9.17) is 9.97 Å². The maximum absolute atomic E-state index is 13.4. The lowest BCUT2D eigenvalue weighted by Crippen LogP contribution is -2.08. The van der Waals surface area contributed by atoms with Gasteiger partial charge in [-0.2, -0.15) is 13.2 Å². The molecule has 0 bridgehead atoms. The van der Waals surface area contributed by atoms with Crippen molar-refractivity contribution in [3.05, 3.63) is 83.9 Å². The van der Waals surface area contributed by atoms with Gasteiger partial charge in [0.2, 0.25) is 0 Å². The Morgan fingerprint density at radius 2 is 1.48 bits per heavy atom. The predicted molar refractivity (Wildman–Crippen MR) is 109 cm³/mol. The second kappa shape index (κ2) is 6.77. The average molecular weight is 409 g/mol. The Morgan fingerprint density at radius 1 is 0.793 bits per heavy atom. The Bertz CT molecular complexity index is 1360. The fourth-order valence-electron chi connectivity index (χ4n) is 3.48. The number of hydrogen-bond donors (Lipinski definition) is 0. The molecule has 0 fully saturated rings. The van der Waals surface area contributed by atoms with Crippen LogP contribution in [0.5, 0.6) is 0 Å². The minimum absolute atomic E-state index is 0.155. The summed E-state index contributed by atoms with van der Waals surface area (Å²) >= 11 is 1.28. The van der Waals surface area contributed by atoms with Crippen molar-refractivity contribution >= 4 is 39.3 Å². The zero-order valence-electron chi connectivity index (χ0n) is 15.0. The number of alkyl halides is 3. The number of hydrogen-bond acceptors (Lipinski definition) is 3. The van der Waals surface area contributed by atoms with Gasteiger partial charge in [-0.15, -0.1) is 0 Å². The third-order valence-corrected chi connectivity index (χ3v) is 5.78. The first-order valence-electron chi connectivity index (χ1n) is 8.96. The minimum Gasteiger partial charge on any atom is -0.271 e. The number of nitrogens with zero attached hydrogens (tertiary/aromatic N) is 3. The van der Waals surface area contributed by atoms with Crippen molar-refractivity contribution in [2.24, 2.45) is 0 Å². The van der Waals surface area contributed by atoms with Crippen molar-refractivity contribution in [2.75, 3.05) is 0 Å². The quantitative estimate of drug-likeness (QED) is 0.257. The molecule has 144 valence electrons. The smallest absolute Gasteiger partial charge is 0.271 e. The molecular formula is C22H14F3N3S. The summed E-state index contributed by atoms with van der Waals surface area (Å²) in [4.78, 5) is 9.48. The van der Waals surface area contributed by atoms with Crippen LogP contribution in [0, 0.1) is 0 Å². The molecule has 29 heavy (non-hydrogen) atoms. The lowest BCUT2D eigenvalue weighted by atomic mass is 10.1. The maximum atomic E-state index is 13.4. The van der Waals surface area contributed by atoms with Crippen LogP contribution >= 0.6 is 11.8 Å². The molecule has 3 aromatic carbocycles. The van der Waals surface area contributed by atoms with Gasteiger partial charge in [0.15, 0.2) is 5.16 Å². The van der Waals surface area contributed by atoms with Crippen LogP contribution in [0.3, 0.4) is 0 Å². The molecule has 2 heterocycles. The van der Waals surface area contributed by atoms with Gasteiger partial charge >= 0.3 is 6.18 Å². The molecule has 0 aliphatic rings. The number of imidazole rings is 1. The predicted octanol–water partition coefficient (Wildman–Crippen LogP) is 6.35. The van der Waals surface area contributed by atoms with E-state index in [2.05, 4.69) is 0 Å². The van der Waals surface area contributed by atoms with E-state index >= 15 is 0 Å². The Balaban J connectivity index is 1.67. The Kier molecular flexibility index (Phi) is 4.20. The molecule has 0 aliphatic carbocycles. The highest BCUT2D eigenvalue weighted by atomic mass is 32.2. The standard InChI is InChI=1S/C22H14F3N3S/c23-22(24,25)16-9-3-1-7-14(16)13-29-21-27-17-10-4-2-8-15(17)20-26-18-11-5-6-12-19(18)28(20)21/h1-12H,13H2. The molecule has 0 saturated heterocycles. The summed E-state index contributed by atoms with van der Waals surface area (Å²) in [6.07, 6.45) is -4.38. The molecule has 0 saturated carbocycles. The summed E-state index contributed by atoms with van der Waals surface area (Å²) in [6.45, 7) is 0. The van der Waals surface area contributed by atoms with Crippen LogP contribution in [0.2, 0.25) is 0 Å². The SMILES string of the molecule is FC(F)(F)c1ccccc1CSc1nc2ccccc2c2nc3ccccc3n12. The second-order valence-corrected chi connectivity index (χ2v) is 7.56. The Labute approximate surface area is 168 Å². The molecule has 5 rings (SSSR count). The number of para-hydroxylation sites is 3. The van der Waals surface area contributed by atoms with Crippen LogP contribution in [0.15, 0.2) is 78.0 Å². The zero-order valence-corrected chi connectivity index (χ0v) is 15.8. The number of thioether (sulfide) groups is 1. The summed E-state index contributed by atoms with van der Waals surface area (Å²) in [5.74, 6) is 0.155. The molecular weight excluding hydrogens is 395 g/mol. The van der Waals surface area contributed by atoms with Gasteiger partial charge in [-0.3, -0.25) is 4.40 Å². The number of halogens is 3. The highest BCUT2D eigenvalue weighted by Gasteiger charge is 2.32. The van der Waals surface area contributed by atoms with Gasteiger partial charge in [0.05, 0.1) is 22.1 Å². The fourth-order valence-corrected chi connectivity index (χ4v) is 4.49.